The molecule has 3 heteroatoms. The Kier molecular flexibility index (Phi) is 3.29. The summed E-state index contributed by atoms with van der Waals surface area (Å²) in [5.41, 5.74) is 0. The van der Waals surface area contributed by atoms with E-state index in [0.29, 0.717) is 6.04 Å². The highest BCUT2D eigenvalue weighted by Crippen LogP contribution is 2.05. The number of carbonyl (C=O) groups is 1. The Morgan fingerprint density at radius 1 is 1.58 bits per heavy atom. The van der Waals surface area contributed by atoms with Gasteiger partial charge in [-0.1, -0.05) is 6.08 Å². The van der Waals surface area contributed by atoms with Crippen LogP contribution in [-0.4, -0.2) is 37.5 Å². The Hall–Kier alpha value is -0.830. The van der Waals surface area contributed by atoms with Gasteiger partial charge in [0.15, 0.2) is 0 Å². The average molecular weight is 168 g/mol. The zero-order valence-corrected chi connectivity index (χ0v) is 7.71. The van der Waals surface area contributed by atoms with Crippen LogP contribution in [0.3, 0.4) is 0 Å². The molecule has 1 atom stereocenters. The fraction of sp³-hybridized carbons (Fsp3) is 0.667. The second-order valence-electron chi connectivity index (χ2n) is 3.34. The van der Waals surface area contributed by atoms with Gasteiger partial charge >= 0.3 is 0 Å². The van der Waals surface area contributed by atoms with E-state index in [1.165, 1.54) is 0 Å². The molecule has 0 radical (unpaired) electrons. The van der Waals surface area contributed by atoms with E-state index in [1.807, 2.05) is 20.2 Å². The van der Waals surface area contributed by atoms with Crippen molar-refractivity contribution in [2.45, 2.75) is 18.9 Å². The number of likely N-dealkylation sites (N-methyl/N-ethyl adjacent to an activating group) is 1. The van der Waals surface area contributed by atoms with Crippen LogP contribution in [0, 0.1) is 0 Å². The van der Waals surface area contributed by atoms with Crippen LogP contribution in [0.1, 0.15) is 12.8 Å². The van der Waals surface area contributed by atoms with E-state index >= 15 is 0 Å². The average Bonchev–Trinajstić information content (AvgIpc) is 1.97. The van der Waals surface area contributed by atoms with Gasteiger partial charge in [0.05, 0.1) is 0 Å². The molecule has 0 saturated heterocycles. The summed E-state index contributed by atoms with van der Waals surface area (Å²) < 4.78 is 0. The number of nitrogens with one attached hydrogen (secondary N) is 1. The van der Waals surface area contributed by atoms with Gasteiger partial charge in [0.2, 0.25) is 5.91 Å². The third-order valence-corrected chi connectivity index (χ3v) is 2.18. The summed E-state index contributed by atoms with van der Waals surface area (Å²) in [5, 5.41) is 2.85. The fourth-order valence-corrected chi connectivity index (χ4v) is 1.30. The molecule has 0 spiro atoms. The zero-order chi connectivity index (χ0) is 8.97. The molecular weight excluding hydrogens is 152 g/mol. The lowest BCUT2D eigenvalue weighted by Gasteiger charge is -2.24. The topological polar surface area (TPSA) is 32.3 Å². The lowest BCUT2D eigenvalue weighted by atomic mass is 10.1. The summed E-state index contributed by atoms with van der Waals surface area (Å²) in [6.45, 7) is 0.760. The van der Waals surface area contributed by atoms with Gasteiger partial charge in [-0.2, -0.15) is 0 Å². The normalized spacial score (nSPS) is 27.6. The quantitative estimate of drug-likeness (QED) is 0.614. The zero-order valence-electron chi connectivity index (χ0n) is 7.71. The van der Waals surface area contributed by atoms with Crippen LogP contribution in [-0.2, 0) is 4.79 Å². The Labute approximate surface area is 73.4 Å². The summed E-state index contributed by atoms with van der Waals surface area (Å²) >= 11 is 0. The van der Waals surface area contributed by atoms with Gasteiger partial charge in [-0.3, -0.25) is 4.79 Å². The van der Waals surface area contributed by atoms with Crippen molar-refractivity contribution in [2.75, 3.05) is 20.6 Å². The smallest absolute Gasteiger partial charge is 0.243 e. The van der Waals surface area contributed by atoms with Gasteiger partial charge in [-0.25, -0.2) is 0 Å². The molecule has 0 fully saturated rings. The minimum absolute atomic E-state index is 0.0292. The standard InChI is InChI=1S/C9H16N2O/c1-11(2)8-5-3-4-6-9(12)10-7-8/h4,6,8H,3,5,7H2,1-2H3,(H,10,12)/b6-4-. The first-order valence-electron chi connectivity index (χ1n) is 4.31. The van der Waals surface area contributed by atoms with Crippen molar-refractivity contribution in [3.05, 3.63) is 12.2 Å². The molecule has 1 amide bonds. The number of amides is 1. The van der Waals surface area contributed by atoms with Crippen molar-refractivity contribution < 1.29 is 4.79 Å². The second kappa shape index (κ2) is 4.26. The van der Waals surface area contributed by atoms with Crippen LogP contribution in [0.5, 0.6) is 0 Å². The first-order valence-corrected chi connectivity index (χ1v) is 4.31. The third-order valence-electron chi connectivity index (χ3n) is 2.18. The molecule has 0 aromatic rings. The van der Waals surface area contributed by atoms with Crippen molar-refractivity contribution in [1.82, 2.24) is 10.2 Å². The van der Waals surface area contributed by atoms with Crippen LogP contribution >= 0.6 is 0 Å². The van der Waals surface area contributed by atoms with Crippen LogP contribution in [0.4, 0.5) is 0 Å². The van der Waals surface area contributed by atoms with E-state index in [1.54, 1.807) is 6.08 Å². The number of rotatable bonds is 1. The molecule has 12 heavy (non-hydrogen) atoms. The molecule has 0 aliphatic carbocycles. The van der Waals surface area contributed by atoms with E-state index in [4.69, 9.17) is 0 Å². The van der Waals surface area contributed by atoms with Crippen molar-refractivity contribution >= 4 is 5.91 Å². The molecule has 1 aliphatic heterocycles. The monoisotopic (exact) mass is 168 g/mol. The molecular formula is C9H16N2O. The van der Waals surface area contributed by atoms with E-state index < -0.39 is 0 Å². The van der Waals surface area contributed by atoms with Gasteiger partial charge in [-0.05, 0) is 33.0 Å². The van der Waals surface area contributed by atoms with E-state index in [2.05, 4.69) is 10.2 Å². The van der Waals surface area contributed by atoms with Gasteiger partial charge in [0.1, 0.15) is 0 Å². The second-order valence-corrected chi connectivity index (χ2v) is 3.34. The molecule has 0 aromatic carbocycles. The number of allylic oxidation sites excluding steroid dienone is 1. The summed E-state index contributed by atoms with van der Waals surface area (Å²) in [6.07, 6.45) is 5.66. The minimum Gasteiger partial charge on any atom is -0.351 e. The van der Waals surface area contributed by atoms with Gasteiger partial charge in [0.25, 0.3) is 0 Å². The lowest BCUT2D eigenvalue weighted by Crippen LogP contribution is -2.40. The summed E-state index contributed by atoms with van der Waals surface area (Å²) in [7, 11) is 4.09. The van der Waals surface area contributed by atoms with E-state index in [9.17, 15) is 4.79 Å². The maximum atomic E-state index is 11.0. The Balaban J connectivity index is 2.49. The van der Waals surface area contributed by atoms with Crippen LogP contribution in [0.2, 0.25) is 0 Å². The summed E-state index contributed by atoms with van der Waals surface area (Å²) in [4.78, 5) is 13.1. The molecule has 1 heterocycles. The highest BCUT2D eigenvalue weighted by atomic mass is 16.1. The largest absolute Gasteiger partial charge is 0.351 e. The molecule has 0 saturated carbocycles. The Bertz CT molecular complexity index is 187. The van der Waals surface area contributed by atoms with Crippen LogP contribution in [0.15, 0.2) is 12.2 Å². The maximum absolute atomic E-state index is 11.0. The first-order chi connectivity index (χ1) is 5.70. The Morgan fingerprint density at radius 2 is 2.33 bits per heavy atom. The van der Waals surface area contributed by atoms with Gasteiger partial charge in [0, 0.05) is 12.6 Å². The van der Waals surface area contributed by atoms with Crippen LogP contribution in [0.25, 0.3) is 0 Å². The molecule has 1 aliphatic rings. The first kappa shape index (κ1) is 9.26. The van der Waals surface area contributed by atoms with Gasteiger partial charge < -0.3 is 10.2 Å². The van der Waals surface area contributed by atoms with E-state index in [0.717, 1.165) is 19.4 Å². The van der Waals surface area contributed by atoms with Crippen molar-refractivity contribution in [3.63, 3.8) is 0 Å². The number of hydrogen-bond donors (Lipinski definition) is 1. The fourth-order valence-electron chi connectivity index (χ4n) is 1.30. The predicted molar refractivity (Wildman–Crippen MR) is 48.9 cm³/mol. The highest BCUT2D eigenvalue weighted by molar-refractivity contribution is 5.87. The van der Waals surface area contributed by atoms with Crippen LogP contribution < -0.4 is 5.32 Å². The number of carbonyl (C=O) groups excluding carboxylic acids is 1. The minimum atomic E-state index is 0.0292. The molecule has 0 bridgehead atoms. The summed E-state index contributed by atoms with van der Waals surface area (Å²) in [5.74, 6) is 0.0292. The number of hydrogen-bond acceptors (Lipinski definition) is 2. The lowest BCUT2D eigenvalue weighted by molar-refractivity contribution is -0.116. The summed E-state index contributed by atoms with van der Waals surface area (Å²) in [6, 6.07) is 0.471. The molecule has 1 unspecified atom stereocenters. The predicted octanol–water partition coefficient (Wildman–Crippen LogP) is 0.383. The molecule has 3 nitrogen and oxygen atoms in total. The number of nitrogens with zero attached hydrogens (tertiary/aromatic N) is 1. The SMILES string of the molecule is CN(C)C1CC/C=C\C(=O)NC1. The van der Waals surface area contributed by atoms with Crippen molar-refractivity contribution in [3.8, 4) is 0 Å². The van der Waals surface area contributed by atoms with E-state index in [-0.39, 0.29) is 5.91 Å². The highest BCUT2D eigenvalue weighted by Gasteiger charge is 2.12. The Morgan fingerprint density at radius 3 is 3.00 bits per heavy atom. The maximum Gasteiger partial charge on any atom is 0.243 e. The molecule has 68 valence electrons. The third kappa shape index (κ3) is 2.66. The molecule has 1 N–H and O–H groups in total. The van der Waals surface area contributed by atoms with Crippen molar-refractivity contribution in [1.29, 1.82) is 0 Å². The molecule has 1 rings (SSSR count). The molecule has 0 aromatic heterocycles. The van der Waals surface area contributed by atoms with Gasteiger partial charge in [-0.15, -0.1) is 0 Å². The van der Waals surface area contributed by atoms with Crippen molar-refractivity contribution in [2.24, 2.45) is 0 Å².